The summed E-state index contributed by atoms with van der Waals surface area (Å²) in [6.07, 6.45) is 0.165. The maximum Gasteiger partial charge on any atom is 0.508 e. The Morgan fingerprint density at radius 2 is 1.64 bits per heavy atom. The summed E-state index contributed by atoms with van der Waals surface area (Å²) >= 11 is 0. The molecule has 0 aromatic carbocycles. The quantitative estimate of drug-likeness (QED) is 0.484. The summed E-state index contributed by atoms with van der Waals surface area (Å²) in [5.41, 5.74) is 0. The summed E-state index contributed by atoms with van der Waals surface area (Å²) in [6.45, 7) is 4.19. The van der Waals surface area contributed by atoms with Crippen molar-refractivity contribution in [2.24, 2.45) is 0 Å². The summed E-state index contributed by atoms with van der Waals surface area (Å²) in [5.74, 6) is -0.249. The largest absolute Gasteiger partial charge is 0.508 e. The van der Waals surface area contributed by atoms with Crippen molar-refractivity contribution in [1.29, 1.82) is 0 Å². The van der Waals surface area contributed by atoms with Crippen LogP contribution in [-0.4, -0.2) is 31.9 Å². The van der Waals surface area contributed by atoms with E-state index in [1.165, 1.54) is 0 Å². The van der Waals surface area contributed by atoms with Crippen LogP contribution in [-0.2, 0) is 19.0 Å². The second-order valence-electron chi connectivity index (χ2n) is 2.46. The first-order chi connectivity index (χ1) is 6.70. The molecule has 5 heteroatoms. The number of hydrogen-bond acceptors (Lipinski definition) is 5. The first-order valence-electron chi connectivity index (χ1n) is 4.65. The minimum absolute atomic E-state index is 0.204. The molecule has 0 N–H and O–H groups in total. The van der Waals surface area contributed by atoms with E-state index in [0.717, 1.165) is 0 Å². The van der Waals surface area contributed by atoms with Crippen LogP contribution in [0.2, 0.25) is 0 Å². The zero-order valence-corrected chi connectivity index (χ0v) is 8.58. The fourth-order valence-electron chi connectivity index (χ4n) is 0.662. The standard InChI is InChI=1S/C9H16O5/c1-3-8(10)13-6-5-7-14-9(11)12-4-2/h3-7H2,1-2H3. The third-order valence-electron chi connectivity index (χ3n) is 1.32. The molecule has 0 aromatic rings. The highest BCUT2D eigenvalue weighted by Gasteiger charge is 2.02. The van der Waals surface area contributed by atoms with Gasteiger partial charge in [-0.2, -0.15) is 0 Å². The van der Waals surface area contributed by atoms with E-state index < -0.39 is 6.16 Å². The fourth-order valence-corrected chi connectivity index (χ4v) is 0.662. The lowest BCUT2D eigenvalue weighted by atomic mass is 10.5. The van der Waals surface area contributed by atoms with E-state index in [9.17, 15) is 9.59 Å². The predicted molar refractivity (Wildman–Crippen MR) is 48.8 cm³/mol. The third kappa shape index (κ3) is 7.39. The molecule has 0 heterocycles. The molecule has 0 fully saturated rings. The van der Waals surface area contributed by atoms with Gasteiger partial charge in [0, 0.05) is 12.8 Å². The monoisotopic (exact) mass is 204 g/mol. The average molecular weight is 204 g/mol. The number of ether oxygens (including phenoxy) is 3. The normalized spacial score (nSPS) is 9.29. The molecule has 0 aliphatic heterocycles. The molecular weight excluding hydrogens is 188 g/mol. The van der Waals surface area contributed by atoms with E-state index >= 15 is 0 Å². The van der Waals surface area contributed by atoms with Gasteiger partial charge in [0.15, 0.2) is 0 Å². The highest BCUT2D eigenvalue weighted by atomic mass is 16.7. The van der Waals surface area contributed by atoms with Crippen molar-refractivity contribution in [3.8, 4) is 0 Å². The smallest absolute Gasteiger partial charge is 0.466 e. The molecule has 0 aromatic heterocycles. The first kappa shape index (κ1) is 12.7. The lowest BCUT2D eigenvalue weighted by molar-refractivity contribution is -0.143. The van der Waals surface area contributed by atoms with Gasteiger partial charge in [-0.3, -0.25) is 4.79 Å². The summed E-state index contributed by atoms with van der Waals surface area (Å²) in [6, 6.07) is 0. The SMILES string of the molecule is CCOC(=O)OCCCOC(=O)CC. The van der Waals surface area contributed by atoms with Crippen molar-refractivity contribution in [2.45, 2.75) is 26.7 Å². The van der Waals surface area contributed by atoms with Gasteiger partial charge in [-0.1, -0.05) is 6.92 Å². The molecule has 0 amide bonds. The third-order valence-corrected chi connectivity index (χ3v) is 1.32. The zero-order chi connectivity index (χ0) is 10.8. The van der Waals surface area contributed by atoms with Crippen molar-refractivity contribution in [3.05, 3.63) is 0 Å². The van der Waals surface area contributed by atoms with Gasteiger partial charge >= 0.3 is 12.1 Å². The predicted octanol–water partition coefficient (Wildman–Crippen LogP) is 1.50. The Hall–Kier alpha value is -1.26. The molecule has 0 rings (SSSR count). The molecule has 82 valence electrons. The van der Waals surface area contributed by atoms with Gasteiger partial charge in [0.25, 0.3) is 0 Å². The molecule has 0 saturated heterocycles. The van der Waals surface area contributed by atoms with Crippen LogP contribution in [0.1, 0.15) is 26.7 Å². The van der Waals surface area contributed by atoms with Crippen molar-refractivity contribution in [2.75, 3.05) is 19.8 Å². The maximum absolute atomic E-state index is 10.7. The Bertz CT molecular complexity index is 178. The van der Waals surface area contributed by atoms with Gasteiger partial charge in [0.2, 0.25) is 0 Å². The molecule has 0 aliphatic rings. The molecule has 0 radical (unpaired) electrons. The number of hydrogen-bond donors (Lipinski definition) is 0. The molecule has 5 nitrogen and oxygen atoms in total. The molecule has 0 unspecified atom stereocenters. The van der Waals surface area contributed by atoms with Crippen LogP contribution >= 0.6 is 0 Å². The second-order valence-corrected chi connectivity index (χ2v) is 2.46. The van der Waals surface area contributed by atoms with Gasteiger partial charge in [-0.15, -0.1) is 0 Å². The van der Waals surface area contributed by atoms with Gasteiger partial charge in [-0.05, 0) is 6.92 Å². The van der Waals surface area contributed by atoms with Crippen LogP contribution in [0.25, 0.3) is 0 Å². The lowest BCUT2D eigenvalue weighted by Crippen LogP contribution is -2.11. The van der Waals surface area contributed by atoms with Crippen molar-refractivity contribution >= 4 is 12.1 Å². The number of rotatable bonds is 6. The Labute approximate surface area is 83.3 Å². The minimum atomic E-state index is -0.686. The topological polar surface area (TPSA) is 61.8 Å². The first-order valence-corrected chi connectivity index (χ1v) is 4.65. The highest BCUT2D eigenvalue weighted by molar-refractivity contribution is 5.68. The Balaban J connectivity index is 3.21. The van der Waals surface area contributed by atoms with E-state index in [4.69, 9.17) is 4.74 Å². The Morgan fingerprint density at radius 1 is 1.00 bits per heavy atom. The van der Waals surface area contributed by atoms with Gasteiger partial charge in [0.1, 0.15) is 0 Å². The second kappa shape index (κ2) is 8.34. The number of carbonyl (C=O) groups is 2. The molecule has 14 heavy (non-hydrogen) atoms. The lowest BCUT2D eigenvalue weighted by Gasteiger charge is -2.04. The maximum atomic E-state index is 10.7. The minimum Gasteiger partial charge on any atom is -0.466 e. The van der Waals surface area contributed by atoms with Crippen LogP contribution in [0.5, 0.6) is 0 Å². The van der Waals surface area contributed by atoms with Crippen molar-refractivity contribution in [1.82, 2.24) is 0 Å². The van der Waals surface area contributed by atoms with Crippen LogP contribution in [0.4, 0.5) is 4.79 Å². The fraction of sp³-hybridized carbons (Fsp3) is 0.778. The van der Waals surface area contributed by atoms with Gasteiger partial charge < -0.3 is 14.2 Å². The summed E-state index contributed by atoms with van der Waals surface area (Å²) in [4.78, 5) is 21.3. The number of esters is 1. The van der Waals surface area contributed by atoms with E-state index in [0.29, 0.717) is 19.4 Å². The van der Waals surface area contributed by atoms with Crippen molar-refractivity contribution in [3.63, 3.8) is 0 Å². The Kier molecular flexibility index (Phi) is 7.59. The highest BCUT2D eigenvalue weighted by Crippen LogP contribution is 1.91. The van der Waals surface area contributed by atoms with E-state index in [1.807, 2.05) is 0 Å². The van der Waals surface area contributed by atoms with Crippen LogP contribution in [0.3, 0.4) is 0 Å². The Morgan fingerprint density at radius 3 is 2.21 bits per heavy atom. The van der Waals surface area contributed by atoms with E-state index in [-0.39, 0.29) is 19.2 Å². The molecule has 0 spiro atoms. The average Bonchev–Trinajstić information content (AvgIpc) is 2.17. The van der Waals surface area contributed by atoms with Gasteiger partial charge in [0.05, 0.1) is 19.8 Å². The summed E-state index contributed by atoms with van der Waals surface area (Å²) < 4.78 is 13.9. The van der Waals surface area contributed by atoms with E-state index in [1.54, 1.807) is 13.8 Å². The van der Waals surface area contributed by atoms with Crippen LogP contribution in [0.15, 0.2) is 0 Å². The van der Waals surface area contributed by atoms with Crippen LogP contribution in [0, 0.1) is 0 Å². The summed E-state index contributed by atoms with van der Waals surface area (Å²) in [7, 11) is 0. The number of carbonyl (C=O) groups excluding carboxylic acids is 2. The molecular formula is C9H16O5. The van der Waals surface area contributed by atoms with E-state index in [2.05, 4.69) is 9.47 Å². The molecule has 0 atom stereocenters. The van der Waals surface area contributed by atoms with Crippen LogP contribution < -0.4 is 0 Å². The zero-order valence-electron chi connectivity index (χ0n) is 8.58. The molecule has 0 aliphatic carbocycles. The summed E-state index contributed by atoms with van der Waals surface area (Å²) in [5, 5.41) is 0. The molecule has 0 bridgehead atoms. The molecule has 0 saturated carbocycles. The van der Waals surface area contributed by atoms with Gasteiger partial charge in [-0.25, -0.2) is 4.79 Å². The van der Waals surface area contributed by atoms with Crippen molar-refractivity contribution < 1.29 is 23.8 Å².